The van der Waals surface area contributed by atoms with Crippen LogP contribution in [0.2, 0.25) is 0 Å². The van der Waals surface area contributed by atoms with Gasteiger partial charge >= 0.3 is 0 Å². The molecule has 0 unspecified atom stereocenters. The molecule has 0 amide bonds. The summed E-state index contributed by atoms with van der Waals surface area (Å²) in [6, 6.07) is 1.60. The van der Waals surface area contributed by atoms with Crippen LogP contribution in [-0.4, -0.2) is 24.9 Å². The summed E-state index contributed by atoms with van der Waals surface area (Å²) in [7, 11) is 1.43. The molecular weight excluding hydrogens is 94.0 g/mol. The number of aliphatic hydroxyl groups is 1. The lowest BCUT2D eigenvalue weighted by Crippen LogP contribution is -2.09. The van der Waals surface area contributed by atoms with Crippen LogP contribution in [0.4, 0.5) is 0 Å². The van der Waals surface area contributed by atoms with E-state index in [1.165, 1.54) is 7.11 Å². The third-order valence-electron chi connectivity index (χ3n) is 0.474. The van der Waals surface area contributed by atoms with Gasteiger partial charge in [0.25, 0.3) is 0 Å². The molecule has 0 rings (SSSR count). The van der Waals surface area contributed by atoms with Crippen LogP contribution < -0.4 is 0 Å². The Morgan fingerprint density at radius 2 is 2.57 bits per heavy atom. The standard InChI is InChI=1S/C4H7NO2/c1-7-3-4(6)2-5/h4,6H,3H2,1H3/t4-/m0/s1. The van der Waals surface area contributed by atoms with Crippen molar-refractivity contribution in [2.75, 3.05) is 13.7 Å². The zero-order chi connectivity index (χ0) is 5.70. The van der Waals surface area contributed by atoms with Crippen molar-refractivity contribution in [3.8, 4) is 6.07 Å². The molecule has 3 heteroatoms. The maximum atomic E-state index is 8.37. The molecule has 0 bridgehead atoms. The highest BCUT2D eigenvalue weighted by Gasteiger charge is 1.95. The highest BCUT2D eigenvalue weighted by Crippen LogP contribution is 1.76. The summed E-state index contributed by atoms with van der Waals surface area (Å²) < 4.78 is 4.42. The molecule has 3 nitrogen and oxygen atoms in total. The fraction of sp³-hybridized carbons (Fsp3) is 0.750. The second-order valence-electron chi connectivity index (χ2n) is 1.10. The molecule has 0 aliphatic heterocycles. The normalized spacial score (nSPS) is 12.7. The van der Waals surface area contributed by atoms with Crippen LogP contribution in [0.1, 0.15) is 0 Å². The molecule has 40 valence electrons. The third kappa shape index (κ3) is 3.23. The molecule has 7 heavy (non-hydrogen) atoms. The predicted molar refractivity (Wildman–Crippen MR) is 23.5 cm³/mol. The zero-order valence-corrected chi connectivity index (χ0v) is 4.09. The van der Waals surface area contributed by atoms with Gasteiger partial charge in [0.2, 0.25) is 0 Å². The summed E-state index contributed by atoms with van der Waals surface area (Å²) in [5.41, 5.74) is 0. The Labute approximate surface area is 42.1 Å². The smallest absolute Gasteiger partial charge is 0.163 e. The molecule has 0 saturated carbocycles. The van der Waals surface area contributed by atoms with E-state index in [2.05, 4.69) is 4.74 Å². The molecular formula is C4H7NO2. The lowest BCUT2D eigenvalue weighted by Gasteiger charge is -1.94. The van der Waals surface area contributed by atoms with E-state index in [9.17, 15) is 0 Å². The highest BCUT2D eigenvalue weighted by molar-refractivity contribution is 4.80. The van der Waals surface area contributed by atoms with Gasteiger partial charge in [0.05, 0.1) is 12.7 Å². The number of hydrogen-bond acceptors (Lipinski definition) is 3. The lowest BCUT2D eigenvalue weighted by molar-refractivity contribution is 0.0975. The van der Waals surface area contributed by atoms with Crippen molar-refractivity contribution < 1.29 is 9.84 Å². The van der Waals surface area contributed by atoms with Crippen molar-refractivity contribution in [1.82, 2.24) is 0 Å². The van der Waals surface area contributed by atoms with Crippen molar-refractivity contribution in [2.24, 2.45) is 0 Å². The summed E-state index contributed by atoms with van der Waals surface area (Å²) in [5, 5.41) is 16.3. The summed E-state index contributed by atoms with van der Waals surface area (Å²) >= 11 is 0. The van der Waals surface area contributed by atoms with Gasteiger partial charge in [-0.1, -0.05) is 0 Å². The van der Waals surface area contributed by atoms with Gasteiger partial charge in [-0.25, -0.2) is 0 Å². The quantitative estimate of drug-likeness (QED) is 0.478. The fourth-order valence-corrected chi connectivity index (χ4v) is 0.195. The van der Waals surface area contributed by atoms with Gasteiger partial charge < -0.3 is 9.84 Å². The SMILES string of the molecule is COC[C@@H](O)C#N. The number of nitrogens with zero attached hydrogens (tertiary/aromatic N) is 1. The summed E-state index contributed by atoms with van der Waals surface area (Å²) in [6.45, 7) is 0.0938. The molecule has 0 fully saturated rings. The fourth-order valence-electron chi connectivity index (χ4n) is 0.195. The van der Waals surface area contributed by atoms with E-state index in [-0.39, 0.29) is 6.61 Å². The molecule has 0 aromatic carbocycles. The molecule has 0 aromatic rings. The lowest BCUT2D eigenvalue weighted by atomic mass is 10.4. The molecule has 0 saturated heterocycles. The second-order valence-corrected chi connectivity index (χ2v) is 1.10. The first kappa shape index (κ1) is 6.41. The molecule has 0 aliphatic rings. The number of ether oxygens (including phenoxy) is 1. The maximum Gasteiger partial charge on any atom is 0.163 e. The van der Waals surface area contributed by atoms with Crippen LogP contribution in [0.3, 0.4) is 0 Å². The molecule has 1 atom stereocenters. The number of methoxy groups -OCH3 is 1. The molecule has 0 aromatic heterocycles. The van der Waals surface area contributed by atoms with E-state index in [1.54, 1.807) is 6.07 Å². The van der Waals surface area contributed by atoms with Gasteiger partial charge in [0, 0.05) is 7.11 Å². The Morgan fingerprint density at radius 1 is 2.00 bits per heavy atom. The van der Waals surface area contributed by atoms with Gasteiger partial charge in [-0.3, -0.25) is 0 Å². The Kier molecular flexibility index (Phi) is 3.29. The van der Waals surface area contributed by atoms with E-state index in [0.29, 0.717) is 0 Å². The summed E-state index contributed by atoms with van der Waals surface area (Å²) in [4.78, 5) is 0. The van der Waals surface area contributed by atoms with Crippen LogP contribution in [0.5, 0.6) is 0 Å². The van der Waals surface area contributed by atoms with Crippen LogP contribution >= 0.6 is 0 Å². The van der Waals surface area contributed by atoms with Crippen molar-refractivity contribution in [2.45, 2.75) is 6.10 Å². The van der Waals surface area contributed by atoms with Crippen molar-refractivity contribution in [3.05, 3.63) is 0 Å². The molecule has 0 spiro atoms. The van der Waals surface area contributed by atoms with E-state index < -0.39 is 6.10 Å². The van der Waals surface area contributed by atoms with E-state index in [4.69, 9.17) is 10.4 Å². The zero-order valence-electron chi connectivity index (χ0n) is 4.09. The van der Waals surface area contributed by atoms with Crippen molar-refractivity contribution in [3.63, 3.8) is 0 Å². The van der Waals surface area contributed by atoms with E-state index >= 15 is 0 Å². The van der Waals surface area contributed by atoms with Gasteiger partial charge in [-0.2, -0.15) is 5.26 Å². The van der Waals surface area contributed by atoms with Gasteiger partial charge in [-0.15, -0.1) is 0 Å². The average Bonchev–Trinajstić information content (AvgIpc) is 1.68. The van der Waals surface area contributed by atoms with Gasteiger partial charge in [0.1, 0.15) is 0 Å². The number of hydrogen-bond donors (Lipinski definition) is 1. The highest BCUT2D eigenvalue weighted by atomic mass is 16.5. The minimum atomic E-state index is -0.968. The first-order chi connectivity index (χ1) is 3.31. The number of aliphatic hydroxyl groups excluding tert-OH is 1. The van der Waals surface area contributed by atoms with Crippen molar-refractivity contribution in [1.29, 1.82) is 5.26 Å². The summed E-state index contributed by atoms with van der Waals surface area (Å²) in [6.07, 6.45) is -0.968. The minimum Gasteiger partial charge on any atom is -0.381 e. The first-order valence-electron chi connectivity index (χ1n) is 1.88. The third-order valence-corrected chi connectivity index (χ3v) is 0.474. The minimum absolute atomic E-state index is 0.0938. The molecule has 0 aliphatic carbocycles. The van der Waals surface area contributed by atoms with Crippen LogP contribution in [0.15, 0.2) is 0 Å². The Bertz CT molecular complexity index is 76.2. The van der Waals surface area contributed by atoms with E-state index in [0.717, 1.165) is 0 Å². The van der Waals surface area contributed by atoms with Crippen LogP contribution in [0, 0.1) is 11.3 Å². The average molecular weight is 101 g/mol. The maximum absolute atomic E-state index is 8.37. The Hall–Kier alpha value is -0.590. The number of rotatable bonds is 2. The first-order valence-corrected chi connectivity index (χ1v) is 1.88. The largest absolute Gasteiger partial charge is 0.381 e. The molecule has 1 N–H and O–H groups in total. The van der Waals surface area contributed by atoms with Gasteiger partial charge in [0.15, 0.2) is 6.10 Å². The predicted octanol–water partition coefficient (Wildman–Crippen LogP) is -0.483. The van der Waals surface area contributed by atoms with Gasteiger partial charge in [-0.05, 0) is 0 Å². The topological polar surface area (TPSA) is 53.2 Å². The number of nitriles is 1. The van der Waals surface area contributed by atoms with Crippen molar-refractivity contribution >= 4 is 0 Å². The Balaban J connectivity index is 3.04. The molecule has 0 radical (unpaired) electrons. The molecule has 0 heterocycles. The second kappa shape index (κ2) is 3.59. The van der Waals surface area contributed by atoms with E-state index in [1.807, 2.05) is 0 Å². The summed E-state index contributed by atoms with van der Waals surface area (Å²) in [5.74, 6) is 0. The van der Waals surface area contributed by atoms with Crippen LogP contribution in [0.25, 0.3) is 0 Å². The van der Waals surface area contributed by atoms with Crippen LogP contribution in [-0.2, 0) is 4.74 Å². The Morgan fingerprint density at radius 3 is 2.71 bits per heavy atom. The monoisotopic (exact) mass is 101 g/mol.